The summed E-state index contributed by atoms with van der Waals surface area (Å²) >= 11 is 3.31. The van der Waals surface area contributed by atoms with E-state index in [0.29, 0.717) is 0 Å². The number of hydrogen-bond acceptors (Lipinski definition) is 6. The molecule has 2 N–H and O–H groups in total. The highest BCUT2D eigenvalue weighted by Gasteiger charge is 2.29. The Morgan fingerprint density at radius 2 is 2.28 bits per heavy atom. The minimum Gasteiger partial charge on any atom is -0.321 e. The molecule has 0 bridgehead atoms. The molecule has 1 saturated heterocycles. The second kappa shape index (κ2) is 7.31. The van der Waals surface area contributed by atoms with Crippen molar-refractivity contribution < 1.29 is 4.79 Å². The summed E-state index contributed by atoms with van der Waals surface area (Å²) in [5, 5.41) is 15.6. The van der Waals surface area contributed by atoms with Gasteiger partial charge in [-0.2, -0.15) is 0 Å². The van der Waals surface area contributed by atoms with Crippen LogP contribution in [0, 0.1) is 6.92 Å². The van der Waals surface area contributed by atoms with Crippen LogP contribution in [0.15, 0.2) is 22.5 Å². The number of likely N-dealkylation sites (tertiary alicyclic amines) is 1. The second-order valence-electron chi connectivity index (χ2n) is 6.40. The van der Waals surface area contributed by atoms with Gasteiger partial charge in [0.25, 0.3) is 0 Å². The minimum atomic E-state index is 0.00227. The number of aryl methyl sites for hydroxylation is 1. The quantitative estimate of drug-likeness (QED) is 0.803. The molecule has 0 radical (unpaired) electrons. The molecule has 6 nitrogen and oxygen atoms in total. The number of nitrogens with zero attached hydrogens (tertiary/aromatic N) is 3. The fraction of sp³-hybridized carbons (Fsp3) is 0.471. The lowest BCUT2D eigenvalue weighted by atomic mass is 10.1. The summed E-state index contributed by atoms with van der Waals surface area (Å²) in [6.07, 6.45) is 2.11. The van der Waals surface area contributed by atoms with Crippen molar-refractivity contribution in [2.45, 2.75) is 43.2 Å². The van der Waals surface area contributed by atoms with Gasteiger partial charge in [0.2, 0.25) is 0 Å². The first-order valence-corrected chi connectivity index (χ1v) is 10.3. The molecule has 2 aromatic rings. The highest BCUT2D eigenvalue weighted by Crippen LogP contribution is 2.28. The predicted molar refractivity (Wildman–Crippen MR) is 101 cm³/mol. The number of thioether (sulfide) groups is 1. The van der Waals surface area contributed by atoms with Crippen molar-refractivity contribution in [3.63, 3.8) is 0 Å². The normalized spacial score (nSPS) is 19.2. The topological polar surface area (TPSA) is 70.2 Å². The van der Waals surface area contributed by atoms with Crippen LogP contribution in [0.5, 0.6) is 0 Å². The number of anilines is 1. The molecule has 4 rings (SSSR count). The van der Waals surface area contributed by atoms with Crippen molar-refractivity contribution in [1.82, 2.24) is 20.4 Å². The summed E-state index contributed by atoms with van der Waals surface area (Å²) < 4.78 is 0.982. The SMILES string of the molecule is Cc1nnc(SC[C@H]2CCCN2C(=O)Nc2ccc3c(c2)CNC3)s1. The Bertz CT molecular complexity index is 778. The van der Waals surface area contributed by atoms with E-state index in [2.05, 4.69) is 33.0 Å². The standard InChI is InChI=1S/C17H21N5OS2/c1-11-20-21-17(25-11)24-10-15-3-2-6-22(15)16(23)19-14-5-4-12-8-18-9-13(12)7-14/h4-5,7,15,18H,2-3,6,8-10H2,1H3,(H,19,23)/t15-/m1/s1. The molecule has 2 aliphatic heterocycles. The van der Waals surface area contributed by atoms with Crippen LogP contribution in [0.2, 0.25) is 0 Å². The van der Waals surface area contributed by atoms with E-state index in [1.54, 1.807) is 23.1 Å². The first-order chi connectivity index (χ1) is 12.2. The number of benzene rings is 1. The molecule has 0 unspecified atom stereocenters. The van der Waals surface area contributed by atoms with Gasteiger partial charge in [0, 0.05) is 37.1 Å². The lowest BCUT2D eigenvalue weighted by molar-refractivity contribution is 0.211. The first kappa shape index (κ1) is 16.8. The average Bonchev–Trinajstić information content (AvgIpc) is 3.32. The highest BCUT2D eigenvalue weighted by atomic mass is 32.2. The third-order valence-corrected chi connectivity index (χ3v) is 6.75. The fourth-order valence-corrected chi connectivity index (χ4v) is 5.35. The van der Waals surface area contributed by atoms with Gasteiger partial charge in [0.15, 0.2) is 4.34 Å². The van der Waals surface area contributed by atoms with E-state index >= 15 is 0 Å². The molecule has 3 heterocycles. The first-order valence-electron chi connectivity index (χ1n) is 8.52. The Kier molecular flexibility index (Phi) is 4.91. The van der Waals surface area contributed by atoms with Gasteiger partial charge in [-0.25, -0.2) is 4.79 Å². The number of urea groups is 1. The van der Waals surface area contributed by atoms with Gasteiger partial charge in [-0.05, 0) is 43.0 Å². The molecule has 2 aliphatic rings. The van der Waals surface area contributed by atoms with Gasteiger partial charge in [0.05, 0.1) is 0 Å². The summed E-state index contributed by atoms with van der Waals surface area (Å²) in [6, 6.07) is 6.43. The summed E-state index contributed by atoms with van der Waals surface area (Å²) in [5.41, 5.74) is 3.48. The van der Waals surface area contributed by atoms with E-state index in [0.717, 1.165) is 53.3 Å². The summed E-state index contributed by atoms with van der Waals surface area (Å²) in [7, 11) is 0. The van der Waals surface area contributed by atoms with Gasteiger partial charge in [0.1, 0.15) is 5.01 Å². The minimum absolute atomic E-state index is 0.00227. The molecular weight excluding hydrogens is 354 g/mol. The second-order valence-corrected chi connectivity index (χ2v) is 8.85. The van der Waals surface area contributed by atoms with Crippen molar-refractivity contribution in [1.29, 1.82) is 0 Å². The van der Waals surface area contributed by atoms with E-state index < -0.39 is 0 Å². The fourth-order valence-electron chi connectivity index (χ4n) is 3.35. The predicted octanol–water partition coefficient (Wildman–Crippen LogP) is 3.24. The van der Waals surface area contributed by atoms with Crippen LogP contribution >= 0.6 is 23.1 Å². The Morgan fingerprint density at radius 3 is 3.12 bits per heavy atom. The van der Waals surface area contributed by atoms with Gasteiger partial charge in [-0.3, -0.25) is 0 Å². The van der Waals surface area contributed by atoms with Crippen LogP contribution in [0.25, 0.3) is 0 Å². The smallest absolute Gasteiger partial charge is 0.321 e. The molecular formula is C17H21N5OS2. The van der Waals surface area contributed by atoms with E-state index in [9.17, 15) is 4.79 Å². The average molecular weight is 376 g/mol. The van der Waals surface area contributed by atoms with Gasteiger partial charge in [-0.1, -0.05) is 29.2 Å². The molecule has 1 fully saturated rings. The van der Waals surface area contributed by atoms with Gasteiger partial charge < -0.3 is 15.5 Å². The maximum atomic E-state index is 12.7. The van der Waals surface area contributed by atoms with Crippen molar-refractivity contribution in [3.8, 4) is 0 Å². The van der Waals surface area contributed by atoms with Gasteiger partial charge in [-0.15, -0.1) is 10.2 Å². The van der Waals surface area contributed by atoms with Crippen LogP contribution in [-0.4, -0.2) is 39.5 Å². The lowest BCUT2D eigenvalue weighted by Crippen LogP contribution is -2.39. The lowest BCUT2D eigenvalue weighted by Gasteiger charge is -2.24. The molecule has 0 spiro atoms. The van der Waals surface area contributed by atoms with Crippen LogP contribution in [0.1, 0.15) is 29.0 Å². The Hall–Kier alpha value is -1.64. The molecule has 8 heteroatoms. The largest absolute Gasteiger partial charge is 0.322 e. The third kappa shape index (κ3) is 3.80. The van der Waals surface area contributed by atoms with Crippen LogP contribution in [0.3, 0.4) is 0 Å². The summed E-state index contributed by atoms with van der Waals surface area (Å²) in [6.45, 7) is 4.57. The monoisotopic (exact) mass is 375 g/mol. The zero-order valence-electron chi connectivity index (χ0n) is 14.1. The molecule has 2 amide bonds. The Balaban J connectivity index is 1.37. The summed E-state index contributed by atoms with van der Waals surface area (Å²) in [5.74, 6) is 0.871. The van der Waals surface area contributed by atoms with Crippen molar-refractivity contribution in [2.75, 3.05) is 17.6 Å². The van der Waals surface area contributed by atoms with Crippen molar-refractivity contribution in [3.05, 3.63) is 34.3 Å². The van der Waals surface area contributed by atoms with E-state index in [-0.39, 0.29) is 12.1 Å². The van der Waals surface area contributed by atoms with Crippen LogP contribution < -0.4 is 10.6 Å². The zero-order chi connectivity index (χ0) is 17.2. The van der Waals surface area contributed by atoms with Crippen molar-refractivity contribution in [2.24, 2.45) is 0 Å². The third-order valence-electron chi connectivity index (χ3n) is 4.63. The molecule has 1 atom stereocenters. The van der Waals surface area contributed by atoms with Crippen molar-refractivity contribution >= 4 is 34.8 Å². The van der Waals surface area contributed by atoms with E-state index in [1.165, 1.54) is 11.1 Å². The number of carbonyl (C=O) groups excluding carboxylic acids is 1. The van der Waals surface area contributed by atoms with E-state index in [4.69, 9.17) is 0 Å². The number of rotatable bonds is 4. The number of carbonyl (C=O) groups is 1. The molecule has 0 saturated carbocycles. The zero-order valence-corrected chi connectivity index (χ0v) is 15.8. The van der Waals surface area contributed by atoms with Gasteiger partial charge >= 0.3 is 6.03 Å². The Labute approximate surface area is 155 Å². The summed E-state index contributed by atoms with van der Waals surface area (Å²) in [4.78, 5) is 14.7. The van der Waals surface area contributed by atoms with Crippen LogP contribution in [0.4, 0.5) is 10.5 Å². The number of hydrogen-bond donors (Lipinski definition) is 2. The molecule has 1 aromatic heterocycles. The van der Waals surface area contributed by atoms with Crippen LogP contribution in [-0.2, 0) is 13.1 Å². The maximum absolute atomic E-state index is 12.7. The number of aromatic nitrogens is 2. The van der Waals surface area contributed by atoms with E-state index in [1.807, 2.05) is 17.9 Å². The molecule has 132 valence electrons. The maximum Gasteiger partial charge on any atom is 0.322 e. The Morgan fingerprint density at radius 1 is 1.40 bits per heavy atom. The molecule has 25 heavy (non-hydrogen) atoms. The number of nitrogens with one attached hydrogen (secondary N) is 2. The molecule has 1 aromatic carbocycles. The number of fused-ring (bicyclic) bond motifs is 1. The highest BCUT2D eigenvalue weighted by molar-refractivity contribution is 8.01. The number of amides is 2. The molecule has 0 aliphatic carbocycles.